The SMILES string of the molecule is C[C@@H](C(=O)N(C)CCC#N)N1CCO[C@H](c2ccc(Br)cc2)C1. The molecule has 0 aromatic heterocycles. The molecule has 1 heterocycles. The number of carbonyl (C=O) groups excluding carboxylic acids is 1. The van der Waals surface area contributed by atoms with E-state index in [2.05, 4.69) is 26.9 Å². The van der Waals surface area contributed by atoms with Gasteiger partial charge in [0, 0.05) is 31.2 Å². The van der Waals surface area contributed by atoms with Crippen LogP contribution < -0.4 is 0 Å². The first-order valence-corrected chi connectivity index (χ1v) is 8.55. The van der Waals surface area contributed by atoms with Crippen LogP contribution in [0.1, 0.15) is 25.0 Å². The van der Waals surface area contributed by atoms with Gasteiger partial charge in [-0.2, -0.15) is 5.26 Å². The van der Waals surface area contributed by atoms with Gasteiger partial charge >= 0.3 is 0 Å². The molecule has 1 aliphatic rings. The molecule has 1 saturated heterocycles. The summed E-state index contributed by atoms with van der Waals surface area (Å²) in [6, 6.07) is 9.96. The van der Waals surface area contributed by atoms with Crippen LogP contribution in [0.4, 0.5) is 0 Å². The first-order chi connectivity index (χ1) is 11.0. The van der Waals surface area contributed by atoms with Crippen LogP contribution in [0, 0.1) is 11.3 Å². The standard InChI is InChI=1S/C17H22BrN3O2/c1-13(17(22)20(2)9-3-8-19)21-10-11-23-16(12-21)14-4-6-15(18)7-5-14/h4-7,13,16H,3,9-12H2,1-2H3/t13-,16-/m0/s1. The lowest BCUT2D eigenvalue weighted by Gasteiger charge is -2.37. The fourth-order valence-electron chi connectivity index (χ4n) is 2.70. The Morgan fingerprint density at radius 2 is 2.22 bits per heavy atom. The second-order valence-corrected chi connectivity index (χ2v) is 6.67. The van der Waals surface area contributed by atoms with Crippen molar-refractivity contribution in [1.82, 2.24) is 9.80 Å². The maximum absolute atomic E-state index is 12.5. The molecule has 0 unspecified atom stereocenters. The quantitative estimate of drug-likeness (QED) is 0.788. The number of amides is 1. The number of rotatable bonds is 5. The van der Waals surface area contributed by atoms with Crippen LogP contribution >= 0.6 is 15.9 Å². The number of benzene rings is 1. The van der Waals surface area contributed by atoms with Crippen molar-refractivity contribution < 1.29 is 9.53 Å². The molecule has 2 rings (SSSR count). The molecule has 1 aromatic carbocycles. The molecule has 0 saturated carbocycles. The highest BCUT2D eigenvalue weighted by atomic mass is 79.9. The Labute approximate surface area is 145 Å². The number of morpholine rings is 1. The molecule has 0 N–H and O–H groups in total. The molecule has 0 spiro atoms. The van der Waals surface area contributed by atoms with Crippen LogP contribution in [0.15, 0.2) is 28.7 Å². The number of halogens is 1. The van der Waals surface area contributed by atoms with Gasteiger partial charge in [0.15, 0.2) is 0 Å². The van der Waals surface area contributed by atoms with Crippen LogP contribution in [0.2, 0.25) is 0 Å². The van der Waals surface area contributed by atoms with Gasteiger partial charge in [-0.25, -0.2) is 0 Å². The van der Waals surface area contributed by atoms with Crippen molar-refractivity contribution >= 4 is 21.8 Å². The van der Waals surface area contributed by atoms with E-state index in [0.29, 0.717) is 26.1 Å². The Bertz CT molecular complexity index is 570. The maximum Gasteiger partial charge on any atom is 0.239 e. The van der Waals surface area contributed by atoms with Crippen LogP contribution in [-0.4, -0.2) is 55.0 Å². The van der Waals surface area contributed by atoms with Crippen LogP contribution in [-0.2, 0) is 9.53 Å². The minimum absolute atomic E-state index is 0.0171. The second kappa shape index (κ2) is 8.44. The number of carbonyl (C=O) groups is 1. The topological polar surface area (TPSA) is 56.6 Å². The smallest absolute Gasteiger partial charge is 0.239 e. The first kappa shape index (κ1) is 17.9. The van der Waals surface area contributed by atoms with E-state index in [-0.39, 0.29) is 18.1 Å². The summed E-state index contributed by atoms with van der Waals surface area (Å²) in [5.41, 5.74) is 1.12. The fourth-order valence-corrected chi connectivity index (χ4v) is 2.97. The van der Waals surface area contributed by atoms with E-state index in [1.165, 1.54) is 0 Å². The van der Waals surface area contributed by atoms with E-state index < -0.39 is 0 Å². The van der Waals surface area contributed by atoms with Gasteiger partial charge in [0.05, 0.1) is 31.2 Å². The van der Waals surface area contributed by atoms with E-state index in [1.54, 1.807) is 11.9 Å². The van der Waals surface area contributed by atoms with Gasteiger partial charge in [0.25, 0.3) is 0 Å². The summed E-state index contributed by atoms with van der Waals surface area (Å²) in [5.74, 6) is 0.0525. The van der Waals surface area contributed by atoms with Crippen molar-refractivity contribution in [2.24, 2.45) is 0 Å². The molecule has 124 valence electrons. The Morgan fingerprint density at radius 1 is 1.52 bits per heavy atom. The highest BCUT2D eigenvalue weighted by Gasteiger charge is 2.30. The molecule has 5 nitrogen and oxygen atoms in total. The summed E-state index contributed by atoms with van der Waals surface area (Å²) in [5, 5.41) is 8.65. The number of nitriles is 1. The lowest BCUT2D eigenvalue weighted by Crippen LogP contribution is -2.50. The third kappa shape index (κ3) is 4.77. The van der Waals surface area contributed by atoms with E-state index >= 15 is 0 Å². The van der Waals surface area contributed by atoms with E-state index in [4.69, 9.17) is 10.00 Å². The normalized spacial score (nSPS) is 19.8. The molecule has 23 heavy (non-hydrogen) atoms. The minimum Gasteiger partial charge on any atom is -0.371 e. The number of likely N-dealkylation sites (N-methyl/N-ethyl adjacent to an activating group) is 1. The molecular weight excluding hydrogens is 358 g/mol. The van der Waals surface area contributed by atoms with Crippen LogP contribution in [0.25, 0.3) is 0 Å². The van der Waals surface area contributed by atoms with Gasteiger partial charge < -0.3 is 9.64 Å². The Hall–Kier alpha value is -1.42. The number of ether oxygens (including phenoxy) is 1. The van der Waals surface area contributed by atoms with E-state index in [0.717, 1.165) is 16.6 Å². The number of nitrogens with zero attached hydrogens (tertiary/aromatic N) is 3. The highest BCUT2D eigenvalue weighted by Crippen LogP contribution is 2.25. The Kier molecular flexibility index (Phi) is 6.58. The van der Waals surface area contributed by atoms with E-state index in [1.807, 2.05) is 31.2 Å². The molecule has 1 amide bonds. The largest absolute Gasteiger partial charge is 0.371 e. The summed E-state index contributed by atoms with van der Waals surface area (Å²) in [6.07, 6.45) is 0.344. The van der Waals surface area contributed by atoms with E-state index in [9.17, 15) is 4.79 Å². The molecule has 1 fully saturated rings. The van der Waals surface area contributed by atoms with Gasteiger partial charge in [-0.3, -0.25) is 9.69 Å². The van der Waals surface area contributed by atoms with Crippen LogP contribution in [0.5, 0.6) is 0 Å². The van der Waals surface area contributed by atoms with Gasteiger partial charge in [-0.15, -0.1) is 0 Å². The summed E-state index contributed by atoms with van der Waals surface area (Å²) >= 11 is 3.44. The zero-order valence-corrected chi connectivity index (χ0v) is 15.1. The Balaban J connectivity index is 1.98. The first-order valence-electron chi connectivity index (χ1n) is 7.76. The predicted molar refractivity (Wildman–Crippen MR) is 91.7 cm³/mol. The number of hydrogen-bond donors (Lipinski definition) is 0. The molecule has 0 radical (unpaired) electrons. The maximum atomic E-state index is 12.5. The fraction of sp³-hybridized carbons (Fsp3) is 0.529. The zero-order valence-electron chi connectivity index (χ0n) is 13.5. The summed E-state index contributed by atoms with van der Waals surface area (Å²) < 4.78 is 6.90. The highest BCUT2D eigenvalue weighted by molar-refractivity contribution is 9.10. The molecule has 0 bridgehead atoms. The van der Waals surface area contributed by atoms with Gasteiger partial charge in [-0.05, 0) is 24.6 Å². The monoisotopic (exact) mass is 379 g/mol. The lowest BCUT2D eigenvalue weighted by atomic mass is 10.1. The predicted octanol–water partition coefficient (Wildman–Crippen LogP) is 2.58. The van der Waals surface area contributed by atoms with Crippen molar-refractivity contribution in [3.63, 3.8) is 0 Å². The summed E-state index contributed by atoms with van der Waals surface area (Å²) in [7, 11) is 1.75. The summed E-state index contributed by atoms with van der Waals surface area (Å²) in [6.45, 7) is 4.45. The van der Waals surface area contributed by atoms with Crippen molar-refractivity contribution in [2.45, 2.75) is 25.5 Å². The molecular formula is C17H22BrN3O2. The van der Waals surface area contributed by atoms with Gasteiger partial charge in [0.2, 0.25) is 5.91 Å². The van der Waals surface area contributed by atoms with Crippen LogP contribution in [0.3, 0.4) is 0 Å². The van der Waals surface area contributed by atoms with Crippen molar-refractivity contribution in [2.75, 3.05) is 33.3 Å². The molecule has 0 aliphatic carbocycles. The van der Waals surface area contributed by atoms with Crippen molar-refractivity contribution in [3.05, 3.63) is 34.3 Å². The minimum atomic E-state index is -0.208. The Morgan fingerprint density at radius 3 is 2.87 bits per heavy atom. The number of hydrogen-bond acceptors (Lipinski definition) is 4. The molecule has 1 aliphatic heterocycles. The molecule has 6 heteroatoms. The third-order valence-electron chi connectivity index (χ3n) is 4.18. The van der Waals surface area contributed by atoms with Crippen molar-refractivity contribution in [1.29, 1.82) is 5.26 Å². The average molecular weight is 380 g/mol. The average Bonchev–Trinajstić information content (AvgIpc) is 2.59. The molecule has 1 aromatic rings. The summed E-state index contributed by atoms with van der Waals surface area (Å²) in [4.78, 5) is 16.3. The third-order valence-corrected chi connectivity index (χ3v) is 4.71. The van der Waals surface area contributed by atoms with Crippen molar-refractivity contribution in [3.8, 4) is 6.07 Å². The lowest BCUT2D eigenvalue weighted by molar-refractivity contribution is -0.138. The zero-order chi connectivity index (χ0) is 16.8. The van der Waals surface area contributed by atoms with Gasteiger partial charge in [-0.1, -0.05) is 28.1 Å². The van der Waals surface area contributed by atoms with Gasteiger partial charge in [0.1, 0.15) is 0 Å². The second-order valence-electron chi connectivity index (χ2n) is 5.75. The molecule has 2 atom stereocenters.